The van der Waals surface area contributed by atoms with Crippen molar-refractivity contribution in [1.29, 1.82) is 0 Å². The molecule has 1 heterocycles. The van der Waals surface area contributed by atoms with E-state index in [-0.39, 0.29) is 22.3 Å². The van der Waals surface area contributed by atoms with Crippen molar-refractivity contribution in [3.8, 4) is 11.6 Å². The van der Waals surface area contributed by atoms with E-state index < -0.39 is 5.82 Å². The van der Waals surface area contributed by atoms with E-state index in [9.17, 15) is 4.39 Å². The molecule has 0 spiro atoms. The summed E-state index contributed by atoms with van der Waals surface area (Å²) in [6.45, 7) is 0. The third-order valence-corrected chi connectivity index (χ3v) is 2.63. The third kappa shape index (κ3) is 2.65. The van der Waals surface area contributed by atoms with Crippen molar-refractivity contribution in [1.82, 2.24) is 9.97 Å². The zero-order valence-corrected chi connectivity index (χ0v) is 10.7. The van der Waals surface area contributed by atoms with Gasteiger partial charge in [-0.2, -0.15) is 0 Å². The van der Waals surface area contributed by atoms with Crippen molar-refractivity contribution in [2.24, 2.45) is 0 Å². The molecule has 1 aromatic carbocycles. The van der Waals surface area contributed by atoms with Gasteiger partial charge in [-0.3, -0.25) is 0 Å². The molecule has 0 saturated heterocycles. The standard InChI is InChI=1S/C10H6BrClFN3O/c11-6-3-15-4-16-10(6)17-9-7(13)1-5(12)2-8(9)14/h1-4H,14H2. The summed E-state index contributed by atoms with van der Waals surface area (Å²) < 4.78 is 19.3. The molecule has 2 rings (SSSR count). The van der Waals surface area contributed by atoms with E-state index in [0.717, 1.165) is 6.07 Å². The summed E-state index contributed by atoms with van der Waals surface area (Å²) in [5.41, 5.74) is 5.71. The topological polar surface area (TPSA) is 61.0 Å². The number of hydrogen-bond donors (Lipinski definition) is 1. The first-order valence-electron chi connectivity index (χ1n) is 4.46. The maximum atomic E-state index is 13.6. The summed E-state index contributed by atoms with van der Waals surface area (Å²) in [4.78, 5) is 7.60. The number of hydrogen-bond acceptors (Lipinski definition) is 4. The summed E-state index contributed by atoms with van der Waals surface area (Å²) in [5.74, 6) is -0.595. The van der Waals surface area contributed by atoms with Crippen molar-refractivity contribution in [3.63, 3.8) is 0 Å². The molecule has 0 radical (unpaired) electrons. The second kappa shape index (κ2) is 4.85. The Morgan fingerprint density at radius 2 is 2.18 bits per heavy atom. The first-order chi connectivity index (χ1) is 8.08. The predicted molar refractivity (Wildman–Crippen MR) is 65.6 cm³/mol. The zero-order chi connectivity index (χ0) is 12.4. The van der Waals surface area contributed by atoms with E-state index in [2.05, 4.69) is 25.9 Å². The number of aromatic nitrogens is 2. The number of nitrogen functional groups attached to an aromatic ring is 1. The second-order valence-electron chi connectivity index (χ2n) is 3.08. The van der Waals surface area contributed by atoms with Gasteiger partial charge in [0.15, 0.2) is 11.6 Å². The molecule has 17 heavy (non-hydrogen) atoms. The van der Waals surface area contributed by atoms with E-state index >= 15 is 0 Å². The Labute approximate surface area is 110 Å². The van der Waals surface area contributed by atoms with Gasteiger partial charge < -0.3 is 10.5 Å². The molecule has 0 atom stereocenters. The van der Waals surface area contributed by atoms with Gasteiger partial charge in [0.25, 0.3) is 0 Å². The number of ether oxygens (including phenoxy) is 1. The summed E-state index contributed by atoms with van der Waals surface area (Å²) in [7, 11) is 0. The van der Waals surface area contributed by atoms with Gasteiger partial charge in [0.05, 0.1) is 10.2 Å². The van der Waals surface area contributed by atoms with Crippen LogP contribution >= 0.6 is 27.5 Å². The van der Waals surface area contributed by atoms with Gasteiger partial charge in [0.1, 0.15) is 6.33 Å². The van der Waals surface area contributed by atoms with Crippen LogP contribution in [0.2, 0.25) is 5.02 Å². The molecule has 0 saturated carbocycles. The van der Waals surface area contributed by atoms with E-state index in [1.165, 1.54) is 18.6 Å². The minimum atomic E-state index is -0.652. The van der Waals surface area contributed by atoms with Gasteiger partial charge in [0, 0.05) is 11.2 Å². The van der Waals surface area contributed by atoms with Gasteiger partial charge in [-0.15, -0.1) is 0 Å². The molecule has 2 N–H and O–H groups in total. The van der Waals surface area contributed by atoms with Crippen LogP contribution in [0.15, 0.2) is 29.1 Å². The first kappa shape index (κ1) is 12.1. The molecule has 0 aliphatic rings. The number of anilines is 1. The minimum absolute atomic E-state index is 0.0977. The monoisotopic (exact) mass is 317 g/mol. The van der Waals surface area contributed by atoms with Crippen molar-refractivity contribution in [3.05, 3.63) is 40.0 Å². The van der Waals surface area contributed by atoms with Crippen molar-refractivity contribution in [2.75, 3.05) is 5.73 Å². The quantitative estimate of drug-likeness (QED) is 0.862. The summed E-state index contributed by atoms with van der Waals surface area (Å²) >= 11 is 8.82. The van der Waals surface area contributed by atoms with Gasteiger partial charge in [-0.05, 0) is 28.1 Å². The molecule has 4 nitrogen and oxygen atoms in total. The van der Waals surface area contributed by atoms with E-state index in [0.29, 0.717) is 4.47 Å². The molecular weight excluding hydrogens is 312 g/mol. The molecule has 0 unspecified atom stereocenters. The Balaban J connectivity index is 2.40. The van der Waals surface area contributed by atoms with Crippen LogP contribution in [-0.4, -0.2) is 9.97 Å². The molecule has 0 aliphatic carbocycles. The Kier molecular flexibility index (Phi) is 3.44. The first-order valence-corrected chi connectivity index (χ1v) is 5.63. The number of nitrogens with zero attached hydrogens (tertiary/aromatic N) is 2. The smallest absolute Gasteiger partial charge is 0.236 e. The fraction of sp³-hybridized carbons (Fsp3) is 0. The predicted octanol–water partition coefficient (Wildman–Crippen LogP) is 3.41. The third-order valence-electron chi connectivity index (χ3n) is 1.87. The number of halogens is 3. The van der Waals surface area contributed by atoms with Gasteiger partial charge in [0.2, 0.25) is 5.88 Å². The fourth-order valence-electron chi connectivity index (χ4n) is 1.16. The lowest BCUT2D eigenvalue weighted by Crippen LogP contribution is -1.97. The molecule has 7 heteroatoms. The fourth-order valence-corrected chi connectivity index (χ4v) is 1.68. The van der Waals surface area contributed by atoms with Crippen LogP contribution in [0.4, 0.5) is 10.1 Å². The average molecular weight is 319 g/mol. The molecule has 0 amide bonds. The Hall–Kier alpha value is -1.40. The lowest BCUT2D eigenvalue weighted by atomic mass is 10.3. The molecule has 1 aromatic heterocycles. The highest BCUT2D eigenvalue weighted by Crippen LogP contribution is 2.34. The van der Waals surface area contributed by atoms with Crippen molar-refractivity contribution in [2.45, 2.75) is 0 Å². The van der Waals surface area contributed by atoms with Gasteiger partial charge in [-0.25, -0.2) is 14.4 Å². The summed E-state index contributed by atoms with van der Waals surface area (Å²) in [6.07, 6.45) is 2.76. The van der Waals surface area contributed by atoms with Crippen LogP contribution in [0.5, 0.6) is 11.6 Å². The Bertz CT molecular complexity index is 544. The maximum Gasteiger partial charge on any atom is 0.236 e. The molecular formula is C10H6BrClFN3O. The number of benzene rings is 1. The van der Waals surface area contributed by atoms with Gasteiger partial charge in [-0.1, -0.05) is 11.6 Å². The molecule has 88 valence electrons. The largest absolute Gasteiger partial charge is 0.432 e. The summed E-state index contributed by atoms with van der Waals surface area (Å²) in [6, 6.07) is 2.51. The van der Waals surface area contributed by atoms with E-state index in [4.69, 9.17) is 22.1 Å². The zero-order valence-electron chi connectivity index (χ0n) is 8.32. The van der Waals surface area contributed by atoms with Crippen molar-refractivity contribution >= 4 is 33.2 Å². The summed E-state index contributed by atoms with van der Waals surface area (Å²) in [5, 5.41) is 0.203. The van der Waals surface area contributed by atoms with Crippen LogP contribution in [-0.2, 0) is 0 Å². The molecule has 0 aliphatic heterocycles. The molecule has 0 fully saturated rings. The number of rotatable bonds is 2. The van der Waals surface area contributed by atoms with Crippen LogP contribution in [0.1, 0.15) is 0 Å². The average Bonchev–Trinajstić information content (AvgIpc) is 2.25. The number of nitrogens with two attached hydrogens (primary N) is 1. The molecule has 0 bridgehead atoms. The van der Waals surface area contributed by atoms with E-state index in [1.54, 1.807) is 0 Å². The Morgan fingerprint density at radius 3 is 2.82 bits per heavy atom. The minimum Gasteiger partial charge on any atom is -0.432 e. The lowest BCUT2D eigenvalue weighted by molar-refractivity contribution is 0.426. The van der Waals surface area contributed by atoms with Crippen LogP contribution in [0.25, 0.3) is 0 Å². The van der Waals surface area contributed by atoms with Crippen LogP contribution in [0.3, 0.4) is 0 Å². The van der Waals surface area contributed by atoms with Crippen LogP contribution in [0, 0.1) is 5.82 Å². The van der Waals surface area contributed by atoms with Crippen LogP contribution < -0.4 is 10.5 Å². The highest BCUT2D eigenvalue weighted by Gasteiger charge is 2.13. The maximum absolute atomic E-state index is 13.6. The Morgan fingerprint density at radius 1 is 1.41 bits per heavy atom. The van der Waals surface area contributed by atoms with E-state index in [1.807, 2.05) is 0 Å². The van der Waals surface area contributed by atoms with Crippen molar-refractivity contribution < 1.29 is 9.13 Å². The second-order valence-corrected chi connectivity index (χ2v) is 4.37. The SMILES string of the molecule is Nc1cc(Cl)cc(F)c1Oc1ncncc1Br. The van der Waals surface area contributed by atoms with Gasteiger partial charge >= 0.3 is 0 Å². The highest BCUT2D eigenvalue weighted by atomic mass is 79.9. The molecule has 2 aromatic rings. The lowest BCUT2D eigenvalue weighted by Gasteiger charge is -2.09. The highest BCUT2D eigenvalue weighted by molar-refractivity contribution is 9.10. The normalized spacial score (nSPS) is 10.3.